The maximum atomic E-state index is 12.0. The Bertz CT molecular complexity index is 706. The van der Waals surface area contributed by atoms with E-state index in [-0.39, 0.29) is 18.8 Å². The van der Waals surface area contributed by atoms with Crippen molar-refractivity contribution in [2.75, 3.05) is 6.73 Å². The van der Waals surface area contributed by atoms with E-state index in [9.17, 15) is 4.79 Å². The van der Waals surface area contributed by atoms with Gasteiger partial charge in [0.2, 0.25) is 0 Å². The molecule has 0 bridgehead atoms. The zero-order valence-electron chi connectivity index (χ0n) is 15.2. The molecule has 2 aromatic carbocycles. The van der Waals surface area contributed by atoms with Gasteiger partial charge >= 0.3 is 6.03 Å². The monoisotopic (exact) mass is 360 g/mol. The summed E-state index contributed by atoms with van der Waals surface area (Å²) in [5.41, 5.74) is 4.25. The predicted molar refractivity (Wildman–Crippen MR) is 102 cm³/mol. The number of aryl methyl sites for hydroxylation is 3. The number of nitrogens with one attached hydrogen (secondary N) is 2. The fourth-order valence-electron chi connectivity index (χ4n) is 2.55. The second-order valence-electron chi connectivity index (χ2n) is 6.13. The Labute approximate surface area is 154 Å². The van der Waals surface area contributed by atoms with Crippen molar-refractivity contribution >= 4 is 17.6 Å². The van der Waals surface area contributed by atoms with Crippen LogP contribution in [0.2, 0.25) is 5.02 Å². The normalized spacial score (nSPS) is 11.7. The van der Waals surface area contributed by atoms with Crippen molar-refractivity contribution in [1.29, 1.82) is 0 Å². The first-order chi connectivity index (χ1) is 11.9. The Hall–Kier alpha value is -2.20. The molecule has 0 aliphatic rings. The van der Waals surface area contributed by atoms with Crippen LogP contribution >= 0.6 is 11.6 Å². The molecule has 1 atom stereocenters. The lowest BCUT2D eigenvalue weighted by Crippen LogP contribution is -2.38. The van der Waals surface area contributed by atoms with Crippen LogP contribution in [0.1, 0.15) is 42.1 Å². The zero-order chi connectivity index (χ0) is 18.4. The smallest absolute Gasteiger partial charge is 0.317 e. The van der Waals surface area contributed by atoms with Crippen molar-refractivity contribution in [2.24, 2.45) is 0 Å². The Kier molecular flexibility index (Phi) is 6.71. The van der Waals surface area contributed by atoms with Crippen molar-refractivity contribution in [1.82, 2.24) is 10.6 Å². The largest absolute Gasteiger partial charge is 0.473 e. The maximum absolute atomic E-state index is 12.0. The molecule has 4 nitrogen and oxygen atoms in total. The third-order valence-electron chi connectivity index (χ3n) is 4.12. The van der Waals surface area contributed by atoms with Crippen LogP contribution in [0.15, 0.2) is 36.4 Å². The van der Waals surface area contributed by atoms with Crippen LogP contribution in [0.5, 0.6) is 5.75 Å². The third-order valence-corrected chi connectivity index (χ3v) is 4.71. The topological polar surface area (TPSA) is 50.4 Å². The van der Waals surface area contributed by atoms with E-state index in [2.05, 4.69) is 29.7 Å². The molecule has 2 aromatic rings. The molecule has 0 radical (unpaired) electrons. The van der Waals surface area contributed by atoms with E-state index >= 15 is 0 Å². The second-order valence-corrected chi connectivity index (χ2v) is 6.50. The molecule has 0 heterocycles. The molecule has 2 amide bonds. The average molecular weight is 361 g/mol. The fourth-order valence-corrected chi connectivity index (χ4v) is 2.66. The fraction of sp³-hybridized carbons (Fsp3) is 0.350. The van der Waals surface area contributed by atoms with Gasteiger partial charge in [0.1, 0.15) is 5.75 Å². The minimum absolute atomic E-state index is 0.0778. The summed E-state index contributed by atoms with van der Waals surface area (Å²) < 4.78 is 5.58. The number of hydrogen-bond acceptors (Lipinski definition) is 2. The third kappa shape index (κ3) is 5.40. The van der Waals surface area contributed by atoms with Gasteiger partial charge in [0.15, 0.2) is 6.73 Å². The van der Waals surface area contributed by atoms with Gasteiger partial charge in [-0.1, -0.05) is 42.8 Å². The number of amides is 2. The molecule has 0 aromatic heterocycles. The lowest BCUT2D eigenvalue weighted by molar-refractivity contribution is 0.221. The standard InChI is InChI=1S/C20H25ClN2O2/c1-5-16-6-8-17(9-7-16)15(4)23-20(24)22-12-25-18-10-13(2)19(21)14(3)11-18/h6-11,15H,5,12H2,1-4H3,(H2,22,23,24). The van der Waals surface area contributed by atoms with Gasteiger partial charge in [0, 0.05) is 5.02 Å². The van der Waals surface area contributed by atoms with E-state index in [0.29, 0.717) is 5.75 Å². The zero-order valence-corrected chi connectivity index (χ0v) is 15.9. The Morgan fingerprint density at radius 1 is 1.16 bits per heavy atom. The maximum Gasteiger partial charge on any atom is 0.317 e. The highest BCUT2D eigenvalue weighted by atomic mass is 35.5. The SMILES string of the molecule is CCc1ccc(C(C)NC(=O)NCOc2cc(C)c(Cl)c(C)c2)cc1. The van der Waals surface area contributed by atoms with Gasteiger partial charge in [-0.3, -0.25) is 0 Å². The Morgan fingerprint density at radius 2 is 1.76 bits per heavy atom. The summed E-state index contributed by atoms with van der Waals surface area (Å²) in [7, 11) is 0. The molecular weight excluding hydrogens is 336 g/mol. The lowest BCUT2D eigenvalue weighted by Gasteiger charge is -2.16. The molecule has 0 aliphatic carbocycles. The molecule has 2 N–H and O–H groups in total. The van der Waals surface area contributed by atoms with E-state index in [1.165, 1.54) is 5.56 Å². The number of benzene rings is 2. The van der Waals surface area contributed by atoms with Gasteiger partial charge in [0.05, 0.1) is 6.04 Å². The summed E-state index contributed by atoms with van der Waals surface area (Å²) in [5, 5.41) is 6.34. The molecular formula is C20H25ClN2O2. The summed E-state index contributed by atoms with van der Waals surface area (Å²) >= 11 is 6.13. The highest BCUT2D eigenvalue weighted by Gasteiger charge is 2.09. The number of hydrogen-bond donors (Lipinski definition) is 2. The van der Waals surface area contributed by atoms with Crippen LogP contribution in [-0.2, 0) is 6.42 Å². The molecule has 25 heavy (non-hydrogen) atoms. The first-order valence-electron chi connectivity index (χ1n) is 8.43. The van der Waals surface area contributed by atoms with Crippen LogP contribution < -0.4 is 15.4 Å². The van der Waals surface area contributed by atoms with Gasteiger partial charge in [-0.2, -0.15) is 0 Å². The number of rotatable bonds is 6. The second kappa shape index (κ2) is 8.77. The minimum atomic E-state index is -0.269. The molecule has 0 spiro atoms. The Balaban J connectivity index is 1.82. The number of ether oxygens (including phenoxy) is 1. The van der Waals surface area contributed by atoms with Crippen molar-refractivity contribution < 1.29 is 9.53 Å². The number of carbonyl (C=O) groups excluding carboxylic acids is 1. The minimum Gasteiger partial charge on any atom is -0.473 e. The van der Waals surface area contributed by atoms with Gasteiger partial charge < -0.3 is 15.4 Å². The highest BCUT2D eigenvalue weighted by Crippen LogP contribution is 2.25. The first kappa shape index (κ1) is 19.1. The molecule has 134 valence electrons. The van der Waals surface area contributed by atoms with E-state index in [1.54, 1.807) is 0 Å². The Morgan fingerprint density at radius 3 is 2.32 bits per heavy atom. The van der Waals surface area contributed by atoms with Crippen molar-refractivity contribution in [3.05, 3.63) is 63.7 Å². The van der Waals surface area contributed by atoms with Gasteiger partial charge in [-0.05, 0) is 61.6 Å². The van der Waals surface area contributed by atoms with E-state index < -0.39 is 0 Å². The summed E-state index contributed by atoms with van der Waals surface area (Å²) in [5.74, 6) is 0.683. The average Bonchev–Trinajstić information content (AvgIpc) is 2.59. The highest BCUT2D eigenvalue weighted by molar-refractivity contribution is 6.32. The quantitative estimate of drug-likeness (QED) is 0.718. The molecule has 0 aliphatic heterocycles. The molecule has 0 saturated carbocycles. The summed E-state index contributed by atoms with van der Waals surface area (Å²) in [6.45, 7) is 8.01. The molecule has 0 saturated heterocycles. The van der Waals surface area contributed by atoms with Crippen LogP contribution in [-0.4, -0.2) is 12.8 Å². The first-order valence-corrected chi connectivity index (χ1v) is 8.81. The van der Waals surface area contributed by atoms with Crippen molar-refractivity contribution in [3.8, 4) is 5.75 Å². The molecule has 2 rings (SSSR count). The van der Waals surface area contributed by atoms with E-state index in [0.717, 1.165) is 28.1 Å². The molecule has 1 unspecified atom stereocenters. The van der Waals surface area contributed by atoms with E-state index in [4.69, 9.17) is 16.3 Å². The van der Waals surface area contributed by atoms with Crippen LogP contribution in [0.25, 0.3) is 0 Å². The number of carbonyl (C=O) groups is 1. The van der Waals surface area contributed by atoms with Crippen LogP contribution in [0.3, 0.4) is 0 Å². The number of halogens is 1. The van der Waals surface area contributed by atoms with Gasteiger partial charge in [-0.15, -0.1) is 0 Å². The lowest BCUT2D eigenvalue weighted by atomic mass is 10.1. The van der Waals surface area contributed by atoms with Gasteiger partial charge in [0.25, 0.3) is 0 Å². The molecule has 0 fully saturated rings. The molecule has 5 heteroatoms. The van der Waals surface area contributed by atoms with E-state index in [1.807, 2.05) is 45.0 Å². The number of urea groups is 1. The van der Waals surface area contributed by atoms with Crippen LogP contribution in [0, 0.1) is 13.8 Å². The summed E-state index contributed by atoms with van der Waals surface area (Å²) in [6.07, 6.45) is 1.00. The van der Waals surface area contributed by atoms with Crippen LogP contribution in [0.4, 0.5) is 4.79 Å². The van der Waals surface area contributed by atoms with Crippen molar-refractivity contribution in [3.63, 3.8) is 0 Å². The van der Waals surface area contributed by atoms with Gasteiger partial charge in [-0.25, -0.2) is 4.79 Å². The predicted octanol–water partition coefficient (Wildman–Crippen LogP) is 4.92. The summed E-state index contributed by atoms with van der Waals surface area (Å²) in [4.78, 5) is 12.0. The van der Waals surface area contributed by atoms with Crippen molar-refractivity contribution in [2.45, 2.75) is 40.2 Å². The summed E-state index contributed by atoms with van der Waals surface area (Å²) in [6, 6.07) is 11.6.